The lowest BCUT2D eigenvalue weighted by Crippen LogP contribution is -2.14. The summed E-state index contributed by atoms with van der Waals surface area (Å²) >= 11 is 0. The van der Waals surface area contributed by atoms with Gasteiger partial charge in [-0.1, -0.05) is 186 Å². The van der Waals surface area contributed by atoms with E-state index in [9.17, 15) is 9.90 Å². The summed E-state index contributed by atoms with van der Waals surface area (Å²) in [6, 6.07) is 69.7. The Hall–Kier alpha value is -9.53. The van der Waals surface area contributed by atoms with E-state index in [0.717, 1.165) is 56.4 Å². The molecule has 426 valence electrons. The van der Waals surface area contributed by atoms with Gasteiger partial charge in [-0.05, 0) is 187 Å². The Morgan fingerprint density at radius 2 is 0.624 bits per heavy atom. The highest BCUT2D eigenvalue weighted by Crippen LogP contribution is 2.40. The predicted octanol–water partition coefficient (Wildman–Crippen LogP) is 20.4. The second-order valence-corrected chi connectivity index (χ2v) is 26.0. The van der Waals surface area contributed by atoms with Crippen LogP contribution in [0.3, 0.4) is 0 Å². The summed E-state index contributed by atoms with van der Waals surface area (Å²) in [6.07, 6.45) is 11.7. The molecule has 0 aliphatic heterocycles. The van der Waals surface area contributed by atoms with Gasteiger partial charge in [0.15, 0.2) is 0 Å². The van der Waals surface area contributed by atoms with Crippen molar-refractivity contribution < 1.29 is 9.90 Å². The van der Waals surface area contributed by atoms with Gasteiger partial charge in [-0.25, -0.2) is 14.8 Å². The number of hydrogen-bond donors (Lipinski definition) is 1. The third kappa shape index (κ3) is 14.1. The molecule has 0 radical (unpaired) electrons. The normalized spacial score (nSPS) is 12.2. The molecule has 10 rings (SSSR count). The molecule has 6 aromatic carbocycles. The summed E-state index contributed by atoms with van der Waals surface area (Å²) in [4.78, 5) is 36.1. The van der Waals surface area contributed by atoms with Crippen LogP contribution in [0, 0.1) is 0 Å². The van der Waals surface area contributed by atoms with E-state index in [0.29, 0.717) is 34.2 Å². The molecule has 8 heteroatoms. The minimum Gasteiger partial charge on any atom is -0.478 e. The van der Waals surface area contributed by atoms with E-state index in [2.05, 4.69) is 274 Å². The molecule has 1 N–H and O–H groups in total. The van der Waals surface area contributed by atoms with E-state index in [4.69, 9.17) is 15.0 Å². The molecule has 0 saturated heterocycles. The van der Waals surface area contributed by atoms with Crippen molar-refractivity contribution in [3.8, 4) is 34.2 Å². The van der Waals surface area contributed by atoms with Gasteiger partial charge in [0, 0.05) is 46.5 Å². The SMILES string of the molecule is CC(C)(C)c1ccc(N(c2ccc(/C=C/c3ccnc(-c4cc(/C=C/c5ccc(N(c6ccc(C(C)(C)C)cc6)c6ccc(C(C)(C)C)cc6)cc5)cc(-c5cccc(-c6cc(C(=O)O)ccn6)n5)n4)c3)cc2)c2ccc(C(C)(C)C)cc2)cc1. The number of carbonyl (C=O) groups is 1. The summed E-state index contributed by atoms with van der Waals surface area (Å²) in [5.41, 5.74) is 19.5. The zero-order valence-corrected chi connectivity index (χ0v) is 51.1. The third-order valence-electron chi connectivity index (χ3n) is 15.4. The topological polar surface area (TPSA) is 95.3 Å². The van der Waals surface area contributed by atoms with Gasteiger partial charge < -0.3 is 14.9 Å². The molecule has 4 heterocycles. The van der Waals surface area contributed by atoms with Gasteiger partial charge in [0.25, 0.3) is 0 Å². The number of hydrogen-bond acceptors (Lipinski definition) is 7. The number of benzene rings is 6. The largest absolute Gasteiger partial charge is 0.478 e. The van der Waals surface area contributed by atoms with E-state index >= 15 is 0 Å². The summed E-state index contributed by atoms with van der Waals surface area (Å²) in [6.45, 7) is 26.9. The average molecular weight is 1120 g/mol. The van der Waals surface area contributed by atoms with Crippen LogP contribution in [0.5, 0.6) is 0 Å². The van der Waals surface area contributed by atoms with Crippen molar-refractivity contribution in [2.75, 3.05) is 9.80 Å². The molecule has 0 saturated carbocycles. The van der Waals surface area contributed by atoms with Crippen LogP contribution >= 0.6 is 0 Å². The molecule has 8 nitrogen and oxygen atoms in total. The maximum atomic E-state index is 11.9. The van der Waals surface area contributed by atoms with Gasteiger partial charge in [-0.2, -0.15) is 0 Å². The van der Waals surface area contributed by atoms with E-state index in [-0.39, 0.29) is 27.2 Å². The predicted molar refractivity (Wildman–Crippen MR) is 356 cm³/mol. The number of aromatic carboxylic acids is 1. The fourth-order valence-electron chi connectivity index (χ4n) is 10.2. The number of nitrogens with zero attached hydrogens (tertiary/aromatic N) is 6. The zero-order valence-electron chi connectivity index (χ0n) is 51.1. The van der Waals surface area contributed by atoms with Crippen molar-refractivity contribution in [2.45, 2.75) is 105 Å². The van der Waals surface area contributed by atoms with E-state index in [1.807, 2.05) is 42.6 Å². The fraction of sp³-hybridized carbons (Fsp3) is 0.208. The van der Waals surface area contributed by atoms with Crippen molar-refractivity contribution in [2.24, 2.45) is 0 Å². The first kappa shape index (κ1) is 58.7. The van der Waals surface area contributed by atoms with Crippen LogP contribution in [-0.2, 0) is 21.7 Å². The molecule has 0 aliphatic carbocycles. The van der Waals surface area contributed by atoms with Crippen molar-refractivity contribution in [3.05, 3.63) is 263 Å². The Morgan fingerprint density at radius 3 is 1.00 bits per heavy atom. The molecule has 0 fully saturated rings. The third-order valence-corrected chi connectivity index (χ3v) is 15.4. The minimum atomic E-state index is -1.03. The molecule has 0 unspecified atom stereocenters. The van der Waals surface area contributed by atoms with Crippen LogP contribution in [0.4, 0.5) is 34.1 Å². The molecule has 0 atom stereocenters. The molecule has 0 bridgehead atoms. The number of carboxylic acid groups (broad SMARTS) is 1. The Morgan fingerprint density at radius 1 is 0.329 bits per heavy atom. The van der Waals surface area contributed by atoms with Gasteiger partial charge in [0.1, 0.15) is 0 Å². The quantitative estimate of drug-likeness (QED) is 0.115. The second kappa shape index (κ2) is 24.0. The highest BCUT2D eigenvalue weighted by Gasteiger charge is 2.22. The standard InChI is InChI=1S/C77H76N6O2/c1-74(2,3)57-24-36-63(37-25-57)82(64-38-26-58(27-39-64)75(4,5)6)61-32-20-52(21-33-61)16-18-54-44-46-78-69(48-54)72-50-55(49-71(81-72)68-15-13-14-67(80-68)70-51-56(73(84)85)45-47-79-70)19-17-53-22-34-62(35-23-53)83(65-40-28-59(29-41-65)76(7,8)9)66-42-30-60(31-43-66)77(10,11)12/h13-51H,1-12H3,(H,84,85)/b18-16+,19-17+. The number of pyridine rings is 4. The highest BCUT2D eigenvalue weighted by atomic mass is 16.4. The van der Waals surface area contributed by atoms with Gasteiger partial charge in [0.05, 0.1) is 39.7 Å². The maximum absolute atomic E-state index is 11.9. The first-order valence-electron chi connectivity index (χ1n) is 29.2. The Kier molecular flexibility index (Phi) is 16.5. The van der Waals surface area contributed by atoms with Crippen molar-refractivity contribution in [3.63, 3.8) is 0 Å². The van der Waals surface area contributed by atoms with Crippen molar-refractivity contribution in [1.82, 2.24) is 19.9 Å². The van der Waals surface area contributed by atoms with Crippen LogP contribution in [0.25, 0.3) is 58.5 Å². The fourth-order valence-corrected chi connectivity index (χ4v) is 10.2. The zero-order chi connectivity index (χ0) is 60.3. The maximum Gasteiger partial charge on any atom is 0.335 e. The van der Waals surface area contributed by atoms with Crippen molar-refractivity contribution >= 4 is 64.4 Å². The first-order chi connectivity index (χ1) is 40.4. The van der Waals surface area contributed by atoms with Crippen LogP contribution in [0.15, 0.2) is 213 Å². The monoisotopic (exact) mass is 1120 g/mol. The lowest BCUT2D eigenvalue weighted by molar-refractivity contribution is 0.0696. The lowest BCUT2D eigenvalue weighted by Gasteiger charge is -2.28. The Bertz CT molecular complexity index is 3910. The first-order valence-corrected chi connectivity index (χ1v) is 29.2. The summed E-state index contributed by atoms with van der Waals surface area (Å²) in [5.74, 6) is -1.03. The van der Waals surface area contributed by atoms with Crippen LogP contribution in [0.1, 0.15) is 138 Å². The van der Waals surface area contributed by atoms with Gasteiger partial charge in [-0.3, -0.25) is 9.97 Å². The lowest BCUT2D eigenvalue weighted by atomic mass is 9.86. The smallest absolute Gasteiger partial charge is 0.335 e. The summed E-state index contributed by atoms with van der Waals surface area (Å²) in [5, 5.41) is 9.77. The highest BCUT2D eigenvalue weighted by molar-refractivity contribution is 5.89. The molecule has 0 aliphatic rings. The number of aromatic nitrogens is 4. The average Bonchev–Trinajstić information content (AvgIpc) is 2.38. The number of anilines is 6. The van der Waals surface area contributed by atoms with Gasteiger partial charge in [0.2, 0.25) is 0 Å². The number of rotatable bonds is 14. The summed E-state index contributed by atoms with van der Waals surface area (Å²) in [7, 11) is 0. The van der Waals surface area contributed by atoms with Crippen LogP contribution < -0.4 is 9.80 Å². The Labute approximate surface area is 503 Å². The molecule has 4 aromatic heterocycles. The molecular formula is C77H76N6O2. The molecule has 0 spiro atoms. The summed E-state index contributed by atoms with van der Waals surface area (Å²) < 4.78 is 0. The Balaban J connectivity index is 0.964. The molecule has 85 heavy (non-hydrogen) atoms. The minimum absolute atomic E-state index is 0.0366. The molecule has 10 aromatic rings. The van der Waals surface area contributed by atoms with Crippen LogP contribution in [0.2, 0.25) is 0 Å². The molecular weight excluding hydrogens is 1040 g/mol. The van der Waals surface area contributed by atoms with E-state index in [1.165, 1.54) is 40.6 Å². The van der Waals surface area contributed by atoms with E-state index < -0.39 is 5.97 Å². The second-order valence-electron chi connectivity index (χ2n) is 26.0. The van der Waals surface area contributed by atoms with Gasteiger partial charge >= 0.3 is 5.97 Å². The number of carboxylic acids is 1. The van der Waals surface area contributed by atoms with E-state index in [1.54, 1.807) is 0 Å². The van der Waals surface area contributed by atoms with Crippen molar-refractivity contribution in [1.29, 1.82) is 0 Å². The van der Waals surface area contributed by atoms with Gasteiger partial charge in [-0.15, -0.1) is 0 Å². The van der Waals surface area contributed by atoms with Crippen LogP contribution in [-0.4, -0.2) is 31.0 Å². The molecule has 0 amide bonds.